The number of ketones is 1. The first-order chi connectivity index (χ1) is 12.6. The summed E-state index contributed by atoms with van der Waals surface area (Å²) in [5, 5.41) is 7.38. The summed E-state index contributed by atoms with van der Waals surface area (Å²) in [6.07, 6.45) is 3.05. The van der Waals surface area contributed by atoms with Crippen molar-refractivity contribution in [3.63, 3.8) is 0 Å². The topological polar surface area (TPSA) is 87.0 Å². The van der Waals surface area contributed by atoms with Crippen LogP contribution in [0.25, 0.3) is 5.52 Å². The second-order valence-corrected chi connectivity index (χ2v) is 5.57. The molecule has 1 aromatic carbocycles. The summed E-state index contributed by atoms with van der Waals surface area (Å²) in [6, 6.07) is 5.59. The van der Waals surface area contributed by atoms with Gasteiger partial charge in [-0.05, 0) is 19.1 Å². The van der Waals surface area contributed by atoms with E-state index >= 15 is 0 Å². The number of rotatable bonds is 7. The number of nitrogens with zero attached hydrogens (tertiary/aromatic N) is 3. The molecule has 8 nitrogen and oxygen atoms in total. The average Bonchev–Trinajstić information content (AvgIpc) is 3.10. The Labute approximate surface area is 150 Å². The van der Waals surface area contributed by atoms with E-state index in [1.807, 2.05) is 18.2 Å². The van der Waals surface area contributed by atoms with E-state index in [1.165, 1.54) is 31.1 Å². The Balaban J connectivity index is 1.94. The molecule has 26 heavy (non-hydrogen) atoms. The Morgan fingerprint density at radius 1 is 1.19 bits per heavy atom. The highest BCUT2D eigenvalue weighted by Crippen LogP contribution is 2.31. The molecule has 2 heterocycles. The number of carbonyl (C=O) groups excluding carboxylic acids is 1. The fraction of sp³-hybridized carbons (Fsp3) is 0.278. The molecule has 0 unspecified atom stereocenters. The minimum absolute atomic E-state index is 0.0905. The fourth-order valence-electron chi connectivity index (χ4n) is 2.71. The van der Waals surface area contributed by atoms with Gasteiger partial charge in [0.1, 0.15) is 23.3 Å². The molecule has 0 aliphatic heterocycles. The van der Waals surface area contributed by atoms with Crippen molar-refractivity contribution in [3.8, 4) is 17.2 Å². The first-order valence-corrected chi connectivity index (χ1v) is 7.95. The third kappa shape index (κ3) is 3.13. The summed E-state index contributed by atoms with van der Waals surface area (Å²) in [4.78, 5) is 16.2. The van der Waals surface area contributed by atoms with Gasteiger partial charge < -0.3 is 19.5 Å². The third-order valence-corrected chi connectivity index (χ3v) is 4.05. The molecule has 0 radical (unpaired) electrons. The Hall–Kier alpha value is -3.29. The van der Waals surface area contributed by atoms with Crippen LogP contribution < -0.4 is 19.5 Å². The molecule has 0 bridgehead atoms. The van der Waals surface area contributed by atoms with Gasteiger partial charge in [0.2, 0.25) is 0 Å². The molecule has 8 heteroatoms. The fourth-order valence-corrected chi connectivity index (χ4v) is 2.71. The van der Waals surface area contributed by atoms with Crippen molar-refractivity contribution in [1.29, 1.82) is 0 Å². The van der Waals surface area contributed by atoms with Crippen LogP contribution in [0.4, 0.5) is 5.82 Å². The molecule has 0 atom stereocenters. The molecular formula is C18H20N4O4. The molecule has 0 amide bonds. The smallest absolute Gasteiger partial charge is 0.187 e. The van der Waals surface area contributed by atoms with Crippen LogP contribution in [0.1, 0.15) is 22.8 Å². The predicted octanol–water partition coefficient (Wildman–Crippen LogP) is 2.57. The van der Waals surface area contributed by atoms with Gasteiger partial charge in [-0.15, -0.1) is 0 Å². The number of carbonyl (C=O) groups is 1. The van der Waals surface area contributed by atoms with E-state index < -0.39 is 0 Å². The van der Waals surface area contributed by atoms with Gasteiger partial charge in [0.25, 0.3) is 0 Å². The molecule has 0 aliphatic rings. The summed E-state index contributed by atoms with van der Waals surface area (Å²) in [6.45, 7) is 1.95. The highest BCUT2D eigenvalue weighted by atomic mass is 16.5. The molecule has 2 aromatic heterocycles. The van der Waals surface area contributed by atoms with E-state index in [0.717, 1.165) is 5.56 Å². The van der Waals surface area contributed by atoms with E-state index in [2.05, 4.69) is 15.4 Å². The number of nitrogens with one attached hydrogen (secondary N) is 1. The lowest BCUT2D eigenvalue weighted by molar-refractivity contribution is 0.101. The monoisotopic (exact) mass is 356 g/mol. The number of hydrogen-bond donors (Lipinski definition) is 1. The maximum absolute atomic E-state index is 11.8. The lowest BCUT2D eigenvalue weighted by Gasteiger charge is -2.14. The number of fused-ring (bicyclic) bond motifs is 1. The lowest BCUT2D eigenvalue weighted by atomic mass is 10.1. The van der Waals surface area contributed by atoms with Gasteiger partial charge in [0.15, 0.2) is 17.4 Å². The summed E-state index contributed by atoms with van der Waals surface area (Å²) < 4.78 is 17.6. The van der Waals surface area contributed by atoms with Gasteiger partial charge >= 0.3 is 0 Å². The Bertz CT molecular complexity index is 952. The van der Waals surface area contributed by atoms with Crippen molar-refractivity contribution >= 4 is 17.1 Å². The van der Waals surface area contributed by atoms with Crippen LogP contribution in [0.2, 0.25) is 0 Å². The highest BCUT2D eigenvalue weighted by molar-refractivity contribution is 6.02. The van der Waals surface area contributed by atoms with E-state index in [9.17, 15) is 4.79 Å². The van der Waals surface area contributed by atoms with Crippen molar-refractivity contribution in [1.82, 2.24) is 14.6 Å². The molecule has 0 spiro atoms. The normalized spacial score (nSPS) is 10.6. The van der Waals surface area contributed by atoms with Gasteiger partial charge in [-0.25, -0.2) is 9.50 Å². The van der Waals surface area contributed by atoms with Crippen molar-refractivity contribution in [2.75, 3.05) is 26.6 Å². The SMILES string of the molecule is COc1ccc(CNc2ncn3ncc(C(C)=O)c3c2OC)c(OC)c1. The largest absolute Gasteiger partial charge is 0.497 e. The van der Waals surface area contributed by atoms with Crippen molar-refractivity contribution in [2.45, 2.75) is 13.5 Å². The average molecular weight is 356 g/mol. The number of benzene rings is 1. The molecule has 136 valence electrons. The molecule has 3 aromatic rings. The minimum atomic E-state index is -0.0905. The second kappa shape index (κ2) is 7.30. The molecule has 0 fully saturated rings. The zero-order chi connectivity index (χ0) is 18.7. The van der Waals surface area contributed by atoms with Gasteiger partial charge in [0.05, 0.1) is 33.1 Å². The zero-order valence-electron chi connectivity index (χ0n) is 15.1. The maximum atomic E-state index is 11.8. The molecule has 0 saturated carbocycles. The van der Waals surface area contributed by atoms with Crippen LogP contribution in [0, 0.1) is 0 Å². The van der Waals surface area contributed by atoms with Gasteiger partial charge in [-0.3, -0.25) is 4.79 Å². The van der Waals surface area contributed by atoms with Crippen LogP contribution in [0.15, 0.2) is 30.7 Å². The Kier molecular flexibility index (Phi) is 4.92. The van der Waals surface area contributed by atoms with Crippen LogP contribution >= 0.6 is 0 Å². The van der Waals surface area contributed by atoms with E-state index in [1.54, 1.807) is 14.2 Å². The minimum Gasteiger partial charge on any atom is -0.497 e. The Morgan fingerprint density at radius 3 is 2.65 bits per heavy atom. The molecular weight excluding hydrogens is 336 g/mol. The van der Waals surface area contributed by atoms with E-state index in [4.69, 9.17) is 14.2 Å². The van der Waals surface area contributed by atoms with Gasteiger partial charge in [-0.2, -0.15) is 5.10 Å². The number of aromatic nitrogens is 3. The standard InChI is InChI=1S/C18H20N4O4/c1-11(23)14-9-21-22-10-20-18(17(26-4)16(14)22)19-8-12-5-6-13(24-2)7-15(12)25-3/h5-7,9-10,19H,8H2,1-4H3. The molecule has 1 N–H and O–H groups in total. The molecule has 0 saturated heterocycles. The van der Waals surface area contributed by atoms with Crippen LogP contribution in [0.5, 0.6) is 17.2 Å². The number of hydrogen-bond acceptors (Lipinski definition) is 7. The van der Waals surface area contributed by atoms with E-state index in [0.29, 0.717) is 40.7 Å². The molecule has 3 rings (SSSR count). The lowest BCUT2D eigenvalue weighted by Crippen LogP contribution is -2.07. The van der Waals surface area contributed by atoms with E-state index in [-0.39, 0.29) is 5.78 Å². The van der Waals surface area contributed by atoms with Crippen LogP contribution in [-0.4, -0.2) is 41.7 Å². The summed E-state index contributed by atoms with van der Waals surface area (Å²) >= 11 is 0. The number of ether oxygens (including phenoxy) is 3. The first kappa shape index (κ1) is 17.5. The quantitative estimate of drug-likeness (QED) is 0.651. The second-order valence-electron chi connectivity index (χ2n) is 5.57. The van der Waals surface area contributed by atoms with Crippen molar-refractivity contribution < 1.29 is 19.0 Å². The summed E-state index contributed by atoms with van der Waals surface area (Å²) in [7, 11) is 4.75. The number of Topliss-reactive ketones (excluding diaryl/α,β-unsaturated/α-hetero) is 1. The van der Waals surface area contributed by atoms with Crippen molar-refractivity contribution in [3.05, 3.63) is 41.9 Å². The number of anilines is 1. The summed E-state index contributed by atoms with van der Waals surface area (Å²) in [5.74, 6) is 2.30. The highest BCUT2D eigenvalue weighted by Gasteiger charge is 2.18. The summed E-state index contributed by atoms with van der Waals surface area (Å²) in [5.41, 5.74) is 1.99. The zero-order valence-corrected chi connectivity index (χ0v) is 15.1. The Morgan fingerprint density at radius 2 is 2.00 bits per heavy atom. The van der Waals surface area contributed by atoms with Crippen molar-refractivity contribution in [2.24, 2.45) is 0 Å². The number of methoxy groups -OCH3 is 3. The predicted molar refractivity (Wildman–Crippen MR) is 96.4 cm³/mol. The van der Waals surface area contributed by atoms with Gasteiger partial charge in [0, 0.05) is 18.2 Å². The maximum Gasteiger partial charge on any atom is 0.187 e. The van der Waals surface area contributed by atoms with Crippen LogP contribution in [0.3, 0.4) is 0 Å². The molecule has 0 aliphatic carbocycles. The first-order valence-electron chi connectivity index (χ1n) is 7.95. The van der Waals surface area contributed by atoms with Crippen LogP contribution in [-0.2, 0) is 6.54 Å². The van der Waals surface area contributed by atoms with Gasteiger partial charge in [-0.1, -0.05) is 0 Å². The third-order valence-electron chi connectivity index (χ3n) is 4.05.